The average Bonchev–Trinajstić information content (AvgIpc) is 2.75. The zero-order valence-corrected chi connectivity index (χ0v) is 13.3. The first-order valence-electron chi connectivity index (χ1n) is 8.21. The average molecular weight is 286 g/mol. The number of hydrogen-bond acceptors (Lipinski definition) is 2. The van der Waals surface area contributed by atoms with Gasteiger partial charge in [0.1, 0.15) is 6.17 Å². The zero-order valence-electron chi connectivity index (χ0n) is 13.3. The third-order valence-electron chi connectivity index (χ3n) is 5.10. The highest BCUT2D eigenvalue weighted by molar-refractivity contribution is 5.84. The van der Waals surface area contributed by atoms with E-state index in [1.807, 2.05) is 6.92 Å². The third kappa shape index (κ3) is 2.71. The summed E-state index contributed by atoms with van der Waals surface area (Å²) in [6.07, 6.45) is 4.88. The minimum absolute atomic E-state index is 0.0454. The Hall–Kier alpha value is -1.35. The molecule has 1 amide bonds. The Morgan fingerprint density at radius 2 is 1.95 bits per heavy atom. The maximum absolute atomic E-state index is 12.7. The quantitative estimate of drug-likeness (QED) is 0.904. The van der Waals surface area contributed by atoms with E-state index in [1.165, 1.54) is 24.0 Å². The molecule has 1 saturated heterocycles. The highest BCUT2D eigenvalue weighted by atomic mass is 16.2. The van der Waals surface area contributed by atoms with E-state index in [2.05, 4.69) is 48.3 Å². The molecule has 3 heteroatoms. The van der Waals surface area contributed by atoms with Gasteiger partial charge in [0.2, 0.25) is 5.91 Å². The Bertz CT molecular complexity index is 528. The molecule has 1 aromatic carbocycles. The van der Waals surface area contributed by atoms with E-state index in [4.69, 9.17) is 0 Å². The SMILES string of the molecule is Cc1ccccc1C1NC(C)C(=O)N1C1CCCC(C)C1. The molecule has 114 valence electrons. The van der Waals surface area contributed by atoms with Gasteiger partial charge >= 0.3 is 0 Å². The van der Waals surface area contributed by atoms with Crippen molar-refractivity contribution in [2.24, 2.45) is 5.92 Å². The summed E-state index contributed by atoms with van der Waals surface area (Å²) < 4.78 is 0. The number of rotatable bonds is 2. The number of aryl methyl sites for hydroxylation is 1. The van der Waals surface area contributed by atoms with Gasteiger partial charge in [0.15, 0.2) is 0 Å². The van der Waals surface area contributed by atoms with Crippen molar-refractivity contribution < 1.29 is 4.79 Å². The highest BCUT2D eigenvalue weighted by Crippen LogP contribution is 2.36. The number of carbonyl (C=O) groups is 1. The van der Waals surface area contributed by atoms with Crippen LogP contribution in [0.1, 0.15) is 56.8 Å². The first-order chi connectivity index (χ1) is 10.1. The molecule has 4 unspecified atom stereocenters. The van der Waals surface area contributed by atoms with Crippen LogP contribution in [-0.4, -0.2) is 22.9 Å². The van der Waals surface area contributed by atoms with E-state index in [1.54, 1.807) is 0 Å². The molecule has 21 heavy (non-hydrogen) atoms. The number of hydrogen-bond donors (Lipinski definition) is 1. The van der Waals surface area contributed by atoms with Crippen molar-refractivity contribution in [1.82, 2.24) is 10.2 Å². The van der Waals surface area contributed by atoms with E-state index in [9.17, 15) is 4.79 Å². The maximum atomic E-state index is 12.7. The van der Waals surface area contributed by atoms with E-state index in [-0.39, 0.29) is 18.1 Å². The van der Waals surface area contributed by atoms with Crippen LogP contribution in [0.25, 0.3) is 0 Å². The first kappa shape index (κ1) is 14.6. The second-order valence-electron chi connectivity index (χ2n) is 6.82. The Morgan fingerprint density at radius 1 is 1.19 bits per heavy atom. The monoisotopic (exact) mass is 286 g/mol. The Balaban J connectivity index is 1.91. The van der Waals surface area contributed by atoms with Crippen molar-refractivity contribution in [1.29, 1.82) is 0 Å². The van der Waals surface area contributed by atoms with Crippen LogP contribution in [0.4, 0.5) is 0 Å². The second-order valence-corrected chi connectivity index (χ2v) is 6.82. The molecule has 1 aromatic rings. The molecule has 0 bridgehead atoms. The summed E-state index contributed by atoms with van der Waals surface area (Å²) in [7, 11) is 0. The molecule has 2 fully saturated rings. The lowest BCUT2D eigenvalue weighted by molar-refractivity contribution is -0.133. The second kappa shape index (κ2) is 5.80. The van der Waals surface area contributed by atoms with Crippen molar-refractivity contribution in [2.45, 2.75) is 64.7 Å². The fourth-order valence-corrected chi connectivity index (χ4v) is 3.92. The number of amides is 1. The van der Waals surface area contributed by atoms with Gasteiger partial charge in [0.25, 0.3) is 0 Å². The van der Waals surface area contributed by atoms with E-state index in [0.29, 0.717) is 6.04 Å². The van der Waals surface area contributed by atoms with Crippen LogP contribution in [0.2, 0.25) is 0 Å². The molecule has 1 aliphatic heterocycles. The Morgan fingerprint density at radius 3 is 2.67 bits per heavy atom. The molecule has 1 heterocycles. The smallest absolute Gasteiger partial charge is 0.241 e. The Labute approximate surface area is 127 Å². The maximum Gasteiger partial charge on any atom is 0.241 e. The molecule has 0 spiro atoms. The lowest BCUT2D eigenvalue weighted by Gasteiger charge is -2.37. The summed E-state index contributed by atoms with van der Waals surface area (Å²) in [5.41, 5.74) is 2.50. The van der Waals surface area contributed by atoms with Gasteiger partial charge < -0.3 is 4.90 Å². The van der Waals surface area contributed by atoms with Crippen molar-refractivity contribution >= 4 is 5.91 Å². The predicted octanol–water partition coefficient (Wildman–Crippen LogP) is 3.39. The summed E-state index contributed by atoms with van der Waals surface area (Å²) in [6.45, 7) is 6.43. The van der Waals surface area contributed by atoms with Crippen molar-refractivity contribution in [2.75, 3.05) is 0 Å². The van der Waals surface area contributed by atoms with Crippen LogP contribution in [0.5, 0.6) is 0 Å². The molecule has 1 saturated carbocycles. The number of benzene rings is 1. The molecular formula is C18H26N2O. The van der Waals surface area contributed by atoms with Crippen LogP contribution in [-0.2, 0) is 4.79 Å². The number of carbonyl (C=O) groups excluding carboxylic acids is 1. The molecule has 0 aromatic heterocycles. The van der Waals surface area contributed by atoms with Gasteiger partial charge in [-0.1, -0.05) is 44.0 Å². The van der Waals surface area contributed by atoms with Crippen molar-refractivity contribution in [3.05, 3.63) is 35.4 Å². The van der Waals surface area contributed by atoms with Gasteiger partial charge in [-0.25, -0.2) is 0 Å². The molecule has 0 radical (unpaired) electrons. The van der Waals surface area contributed by atoms with Gasteiger partial charge in [0, 0.05) is 6.04 Å². The largest absolute Gasteiger partial charge is 0.319 e. The van der Waals surface area contributed by atoms with Gasteiger partial charge in [-0.15, -0.1) is 0 Å². The standard InChI is InChI=1S/C18H26N2O/c1-12-7-6-9-15(11-12)20-17(19-14(3)18(20)21)16-10-5-4-8-13(16)2/h4-5,8,10,12,14-15,17,19H,6-7,9,11H2,1-3H3. The van der Waals surface area contributed by atoms with Gasteiger partial charge in [-0.05, 0) is 43.7 Å². The summed E-state index contributed by atoms with van der Waals surface area (Å²) in [5.74, 6) is 0.993. The topological polar surface area (TPSA) is 32.3 Å². The summed E-state index contributed by atoms with van der Waals surface area (Å²) in [5, 5.41) is 3.50. The van der Waals surface area contributed by atoms with Gasteiger partial charge in [0.05, 0.1) is 6.04 Å². The normalized spacial score (nSPS) is 33.5. The van der Waals surface area contributed by atoms with Crippen molar-refractivity contribution in [3.63, 3.8) is 0 Å². The predicted molar refractivity (Wildman–Crippen MR) is 84.8 cm³/mol. The van der Waals surface area contributed by atoms with Crippen LogP contribution in [0.15, 0.2) is 24.3 Å². The highest BCUT2D eigenvalue weighted by Gasteiger charge is 2.42. The molecule has 2 aliphatic rings. The summed E-state index contributed by atoms with van der Waals surface area (Å²) in [4.78, 5) is 14.8. The molecule has 3 nitrogen and oxygen atoms in total. The molecular weight excluding hydrogens is 260 g/mol. The van der Waals surface area contributed by atoms with Crippen LogP contribution in [0, 0.1) is 12.8 Å². The first-order valence-corrected chi connectivity index (χ1v) is 8.21. The lowest BCUT2D eigenvalue weighted by atomic mass is 9.85. The third-order valence-corrected chi connectivity index (χ3v) is 5.10. The van der Waals surface area contributed by atoms with E-state index < -0.39 is 0 Å². The van der Waals surface area contributed by atoms with Crippen molar-refractivity contribution in [3.8, 4) is 0 Å². The molecule has 1 N–H and O–H groups in total. The number of nitrogens with zero attached hydrogens (tertiary/aromatic N) is 1. The van der Waals surface area contributed by atoms with Crippen LogP contribution in [0.3, 0.4) is 0 Å². The Kier molecular flexibility index (Phi) is 4.03. The van der Waals surface area contributed by atoms with E-state index >= 15 is 0 Å². The minimum atomic E-state index is -0.0770. The van der Waals surface area contributed by atoms with Crippen LogP contribution < -0.4 is 5.32 Å². The zero-order chi connectivity index (χ0) is 15.0. The fraction of sp³-hybridized carbons (Fsp3) is 0.611. The number of nitrogens with one attached hydrogen (secondary N) is 1. The summed E-state index contributed by atoms with van der Waals surface area (Å²) in [6, 6.07) is 8.73. The molecule has 1 aliphatic carbocycles. The van der Waals surface area contributed by atoms with Crippen LogP contribution >= 0.6 is 0 Å². The van der Waals surface area contributed by atoms with Gasteiger partial charge in [-0.3, -0.25) is 10.1 Å². The fourth-order valence-electron chi connectivity index (χ4n) is 3.92. The lowest BCUT2D eigenvalue weighted by Crippen LogP contribution is -2.42. The minimum Gasteiger partial charge on any atom is -0.319 e. The molecule has 3 rings (SSSR count). The summed E-state index contributed by atoms with van der Waals surface area (Å²) >= 11 is 0. The van der Waals surface area contributed by atoms with E-state index in [0.717, 1.165) is 18.8 Å². The molecule has 4 atom stereocenters. The van der Waals surface area contributed by atoms with Gasteiger partial charge in [-0.2, -0.15) is 0 Å².